The molecule has 3 saturated heterocycles. The van der Waals surface area contributed by atoms with E-state index in [0.717, 1.165) is 32.7 Å². The van der Waals surface area contributed by atoms with Crippen LogP contribution in [0.5, 0.6) is 0 Å². The Hall–Kier alpha value is -2.98. The lowest BCUT2D eigenvalue weighted by molar-refractivity contribution is -0.134. The molecule has 0 radical (unpaired) electrons. The van der Waals surface area contributed by atoms with Gasteiger partial charge in [-0.1, -0.05) is 24.3 Å². The fourth-order valence-corrected chi connectivity index (χ4v) is 5.42. The van der Waals surface area contributed by atoms with Crippen LogP contribution in [-0.2, 0) is 19.2 Å². The second-order valence-corrected chi connectivity index (χ2v) is 9.50. The molecule has 0 aliphatic carbocycles. The predicted molar refractivity (Wildman–Crippen MR) is 131 cm³/mol. The normalized spacial score (nSPS) is 23.1. The highest BCUT2D eigenvalue weighted by atomic mass is 16.3. The number of aryl methyl sites for hydroxylation is 1. The Kier molecular flexibility index (Phi) is 11.1. The maximum absolute atomic E-state index is 13.0. The quantitative estimate of drug-likeness (QED) is 0.587. The molecule has 3 aliphatic rings. The molecule has 2 N–H and O–H groups in total. The van der Waals surface area contributed by atoms with Crippen molar-refractivity contribution in [3.05, 3.63) is 35.4 Å². The van der Waals surface area contributed by atoms with Crippen LogP contribution < -0.4 is 0 Å². The van der Waals surface area contributed by atoms with E-state index in [1.54, 1.807) is 0 Å². The Bertz CT molecular complexity index is 852. The zero-order chi connectivity index (χ0) is 26.0. The summed E-state index contributed by atoms with van der Waals surface area (Å²) in [5.74, 6) is 1.14. The number of fused-ring (bicyclic) bond motifs is 1. The minimum Gasteiger partial charge on any atom is -0.483 e. The van der Waals surface area contributed by atoms with Gasteiger partial charge in [0.05, 0.1) is 19.1 Å². The van der Waals surface area contributed by atoms with Gasteiger partial charge in [0.2, 0.25) is 11.8 Å². The zero-order valence-corrected chi connectivity index (χ0v) is 20.9. The predicted octanol–water partition coefficient (Wildman–Crippen LogP) is 1.01. The number of carbonyl (C=O) groups is 4. The van der Waals surface area contributed by atoms with Crippen molar-refractivity contribution in [2.24, 2.45) is 11.8 Å². The Morgan fingerprint density at radius 1 is 1.00 bits per heavy atom. The molecular formula is C25H38N4O6. The number of rotatable bonds is 5. The number of benzene rings is 1. The molecule has 3 fully saturated rings. The first-order valence-corrected chi connectivity index (χ1v) is 11.9. The molecule has 194 valence electrons. The van der Waals surface area contributed by atoms with Crippen molar-refractivity contribution < 1.29 is 29.4 Å². The van der Waals surface area contributed by atoms with Crippen LogP contribution in [0.3, 0.4) is 0 Å². The lowest BCUT2D eigenvalue weighted by Crippen LogP contribution is -2.43. The molecule has 0 spiro atoms. The largest absolute Gasteiger partial charge is 0.483 e. The molecule has 1 aromatic rings. The van der Waals surface area contributed by atoms with Gasteiger partial charge in [-0.25, -0.2) is 0 Å². The summed E-state index contributed by atoms with van der Waals surface area (Å²) in [5, 5.41) is 13.8. The topological polar surface area (TPSA) is 122 Å². The van der Waals surface area contributed by atoms with Gasteiger partial charge in [0.25, 0.3) is 12.9 Å². The van der Waals surface area contributed by atoms with E-state index in [1.807, 2.05) is 19.0 Å². The van der Waals surface area contributed by atoms with E-state index in [2.05, 4.69) is 45.9 Å². The molecule has 4 rings (SSSR count). The van der Waals surface area contributed by atoms with E-state index in [-0.39, 0.29) is 30.8 Å². The third kappa shape index (κ3) is 7.50. The van der Waals surface area contributed by atoms with Crippen molar-refractivity contribution in [2.75, 3.05) is 59.9 Å². The summed E-state index contributed by atoms with van der Waals surface area (Å²) in [6.07, 6.45) is 2.41. The number of amides is 2. The summed E-state index contributed by atoms with van der Waals surface area (Å²) in [4.78, 5) is 51.0. The number of nitrogens with zero attached hydrogens (tertiary/aromatic N) is 4. The highest BCUT2D eigenvalue weighted by Gasteiger charge is 2.50. The Labute approximate surface area is 207 Å². The molecule has 0 unspecified atom stereocenters. The van der Waals surface area contributed by atoms with E-state index in [0.29, 0.717) is 24.9 Å². The zero-order valence-electron chi connectivity index (χ0n) is 20.9. The minimum atomic E-state index is -0.250. The van der Waals surface area contributed by atoms with Crippen LogP contribution in [0.15, 0.2) is 24.3 Å². The number of carbonyl (C=O) groups excluding carboxylic acids is 2. The summed E-state index contributed by atoms with van der Waals surface area (Å²) in [6, 6.07) is 8.47. The first-order chi connectivity index (χ1) is 16.8. The molecular weight excluding hydrogens is 452 g/mol. The molecule has 0 bridgehead atoms. The first kappa shape index (κ1) is 28.3. The Balaban J connectivity index is 0.000000655. The van der Waals surface area contributed by atoms with Crippen LogP contribution in [0, 0.1) is 18.8 Å². The van der Waals surface area contributed by atoms with Crippen molar-refractivity contribution in [1.29, 1.82) is 0 Å². The first-order valence-electron chi connectivity index (χ1n) is 11.9. The second-order valence-electron chi connectivity index (χ2n) is 9.50. The van der Waals surface area contributed by atoms with E-state index >= 15 is 0 Å². The van der Waals surface area contributed by atoms with Crippen LogP contribution in [0.2, 0.25) is 0 Å². The molecule has 3 aliphatic heterocycles. The van der Waals surface area contributed by atoms with Gasteiger partial charge in [-0.05, 0) is 58.1 Å². The van der Waals surface area contributed by atoms with Gasteiger partial charge in [0, 0.05) is 31.5 Å². The summed E-state index contributed by atoms with van der Waals surface area (Å²) in [6.45, 7) is 7.01. The highest BCUT2D eigenvalue weighted by Crippen LogP contribution is 2.45. The summed E-state index contributed by atoms with van der Waals surface area (Å²) < 4.78 is 0. The Morgan fingerprint density at radius 3 is 2.17 bits per heavy atom. The lowest BCUT2D eigenvalue weighted by Gasteiger charge is -2.32. The molecule has 1 aromatic carbocycles. The SMILES string of the molecule is Cc1ccccc1[C@H]1[C@@H]2CN(C(=O)CN3CCCC3)C[C@@H]2CN1C(=O)CN(C)C.O=CO.O=CO. The van der Waals surface area contributed by atoms with Crippen LogP contribution >= 0.6 is 0 Å². The molecule has 2 amide bonds. The number of likely N-dealkylation sites (tertiary alicyclic amines) is 3. The van der Waals surface area contributed by atoms with Gasteiger partial charge in [-0.15, -0.1) is 0 Å². The summed E-state index contributed by atoms with van der Waals surface area (Å²) in [5.41, 5.74) is 2.46. The molecule has 3 heterocycles. The molecule has 0 aromatic heterocycles. The lowest BCUT2D eigenvalue weighted by atomic mass is 9.87. The molecule has 10 heteroatoms. The molecule has 10 nitrogen and oxygen atoms in total. The standard InChI is InChI=1S/C23H34N4O2.2CH2O2/c1-17-8-4-5-9-19(17)23-20-14-26(21(28)16-25-10-6-7-11-25)12-18(20)13-27(23)22(29)15-24(2)3;2*2-1-3/h4-5,8-9,18,20,23H,6-7,10-16H2,1-3H3;2*1H,(H,2,3)/t18-,20-,23+;;/m1../s1. The smallest absolute Gasteiger partial charge is 0.290 e. The third-order valence-electron chi connectivity index (χ3n) is 6.85. The van der Waals surface area contributed by atoms with E-state index < -0.39 is 0 Å². The second kappa shape index (κ2) is 13.8. The highest BCUT2D eigenvalue weighted by molar-refractivity contribution is 5.80. The maximum Gasteiger partial charge on any atom is 0.290 e. The molecule has 3 atom stereocenters. The van der Waals surface area contributed by atoms with Crippen LogP contribution in [0.4, 0.5) is 0 Å². The van der Waals surface area contributed by atoms with Crippen molar-refractivity contribution >= 4 is 24.8 Å². The van der Waals surface area contributed by atoms with Crippen molar-refractivity contribution in [3.63, 3.8) is 0 Å². The van der Waals surface area contributed by atoms with Gasteiger partial charge < -0.3 is 24.9 Å². The van der Waals surface area contributed by atoms with Gasteiger partial charge in [-0.2, -0.15) is 0 Å². The van der Waals surface area contributed by atoms with E-state index in [4.69, 9.17) is 19.8 Å². The maximum atomic E-state index is 13.0. The number of likely N-dealkylation sites (N-methyl/N-ethyl adjacent to an activating group) is 1. The number of hydrogen-bond donors (Lipinski definition) is 2. The van der Waals surface area contributed by atoms with E-state index in [9.17, 15) is 9.59 Å². The van der Waals surface area contributed by atoms with Gasteiger partial charge in [0.15, 0.2) is 0 Å². The van der Waals surface area contributed by atoms with Crippen molar-refractivity contribution in [3.8, 4) is 0 Å². The van der Waals surface area contributed by atoms with Crippen LogP contribution in [0.25, 0.3) is 0 Å². The summed E-state index contributed by atoms with van der Waals surface area (Å²) in [7, 11) is 3.88. The third-order valence-corrected chi connectivity index (χ3v) is 6.85. The van der Waals surface area contributed by atoms with Gasteiger partial charge >= 0.3 is 0 Å². The number of hydrogen-bond acceptors (Lipinski definition) is 6. The summed E-state index contributed by atoms with van der Waals surface area (Å²) >= 11 is 0. The fourth-order valence-electron chi connectivity index (χ4n) is 5.42. The average molecular weight is 491 g/mol. The molecule has 35 heavy (non-hydrogen) atoms. The average Bonchev–Trinajstić information content (AvgIpc) is 3.51. The monoisotopic (exact) mass is 490 g/mol. The Morgan fingerprint density at radius 2 is 1.60 bits per heavy atom. The van der Waals surface area contributed by atoms with Crippen LogP contribution in [-0.4, -0.2) is 114 Å². The van der Waals surface area contributed by atoms with Gasteiger partial charge in [0.1, 0.15) is 0 Å². The van der Waals surface area contributed by atoms with Crippen molar-refractivity contribution in [2.45, 2.75) is 25.8 Å². The molecule has 0 saturated carbocycles. The fraction of sp³-hybridized carbons (Fsp3) is 0.600. The van der Waals surface area contributed by atoms with Gasteiger partial charge in [-0.3, -0.25) is 24.1 Å². The van der Waals surface area contributed by atoms with Crippen LogP contribution in [0.1, 0.15) is 30.0 Å². The number of carboxylic acid groups (broad SMARTS) is 2. The minimum absolute atomic E-state index is 0.0678. The van der Waals surface area contributed by atoms with E-state index in [1.165, 1.54) is 24.0 Å². The van der Waals surface area contributed by atoms with Crippen molar-refractivity contribution in [1.82, 2.24) is 19.6 Å².